The van der Waals surface area contributed by atoms with E-state index in [1.165, 1.54) is 0 Å². The molecule has 2 heteroatoms. The molecule has 0 saturated carbocycles. The molecule has 2 aromatic rings. The summed E-state index contributed by atoms with van der Waals surface area (Å²) in [5.41, 5.74) is 2.63. The summed E-state index contributed by atoms with van der Waals surface area (Å²) in [7, 11) is 0. The van der Waals surface area contributed by atoms with Crippen molar-refractivity contribution in [2.24, 2.45) is 0 Å². The van der Waals surface area contributed by atoms with E-state index in [0.717, 1.165) is 16.7 Å². The number of halogens is 1. The van der Waals surface area contributed by atoms with Gasteiger partial charge in [0, 0.05) is 0 Å². The second-order valence-corrected chi connectivity index (χ2v) is 3.56. The van der Waals surface area contributed by atoms with E-state index in [0.29, 0.717) is 0 Å². The largest absolute Gasteiger partial charge is 0.305 e. The van der Waals surface area contributed by atoms with Gasteiger partial charge in [-0.25, -0.2) is 0 Å². The number of carbonyl (C=O) groups excluding carboxylic acids is 1. The molecule has 1 nitrogen and oxygen atoms in total. The van der Waals surface area contributed by atoms with Crippen LogP contribution in [0.15, 0.2) is 54.6 Å². The molecule has 0 N–H and O–H groups in total. The molecular formula is C14H11FO. The molecule has 0 radical (unpaired) electrons. The van der Waals surface area contributed by atoms with Gasteiger partial charge in [0.2, 0.25) is 0 Å². The summed E-state index contributed by atoms with van der Waals surface area (Å²) in [6.45, 7) is 0. The molecule has 0 fully saturated rings. The molecule has 2 rings (SSSR count). The van der Waals surface area contributed by atoms with Crippen LogP contribution in [-0.2, 0) is 11.2 Å². The zero-order valence-corrected chi connectivity index (χ0v) is 8.69. The summed E-state index contributed by atoms with van der Waals surface area (Å²) in [5, 5.41) is 0. The predicted molar refractivity (Wildman–Crippen MR) is 61.7 cm³/mol. The Morgan fingerprint density at radius 2 is 1.56 bits per heavy atom. The van der Waals surface area contributed by atoms with Crippen LogP contribution in [-0.4, -0.2) is 6.04 Å². The van der Waals surface area contributed by atoms with Gasteiger partial charge in [0.1, 0.15) is 0 Å². The van der Waals surface area contributed by atoms with Gasteiger partial charge >= 0.3 is 6.04 Å². The summed E-state index contributed by atoms with van der Waals surface area (Å²) in [6.07, 6.45) is -0.162. The highest BCUT2D eigenvalue weighted by Gasteiger charge is 2.07. The fourth-order valence-corrected chi connectivity index (χ4v) is 1.72. The summed E-state index contributed by atoms with van der Waals surface area (Å²) < 4.78 is 12.4. The Hall–Kier alpha value is -1.96. The predicted octanol–water partition coefficient (Wildman–Crippen LogP) is 3.39. The molecular weight excluding hydrogens is 203 g/mol. The highest BCUT2D eigenvalue weighted by Crippen LogP contribution is 2.23. The van der Waals surface area contributed by atoms with Crippen molar-refractivity contribution in [1.29, 1.82) is 0 Å². The van der Waals surface area contributed by atoms with Crippen LogP contribution in [0.4, 0.5) is 4.39 Å². The van der Waals surface area contributed by atoms with E-state index in [1.54, 1.807) is 6.07 Å². The molecule has 0 aliphatic heterocycles. The maximum Gasteiger partial charge on any atom is 0.305 e. The number of benzene rings is 2. The van der Waals surface area contributed by atoms with Gasteiger partial charge in [0.15, 0.2) is 0 Å². The van der Waals surface area contributed by atoms with Gasteiger partial charge in [-0.3, -0.25) is 4.79 Å². The lowest BCUT2D eigenvalue weighted by Gasteiger charge is -2.06. The van der Waals surface area contributed by atoms with Crippen molar-refractivity contribution >= 4 is 6.04 Å². The number of hydrogen-bond acceptors (Lipinski definition) is 1. The monoisotopic (exact) mass is 214 g/mol. The van der Waals surface area contributed by atoms with Crippen molar-refractivity contribution < 1.29 is 9.18 Å². The van der Waals surface area contributed by atoms with Gasteiger partial charge in [0.25, 0.3) is 0 Å². The first kappa shape index (κ1) is 10.6. The molecule has 0 heterocycles. The lowest BCUT2D eigenvalue weighted by Crippen LogP contribution is -1.96. The van der Waals surface area contributed by atoms with Gasteiger partial charge < -0.3 is 0 Å². The van der Waals surface area contributed by atoms with Gasteiger partial charge in [-0.2, -0.15) is 4.39 Å². The molecule has 0 aliphatic rings. The zero-order valence-electron chi connectivity index (χ0n) is 8.69. The van der Waals surface area contributed by atoms with E-state index in [9.17, 15) is 9.18 Å². The van der Waals surface area contributed by atoms with Crippen LogP contribution >= 0.6 is 0 Å². The van der Waals surface area contributed by atoms with Crippen molar-refractivity contribution in [2.75, 3.05) is 0 Å². The topological polar surface area (TPSA) is 17.1 Å². The van der Waals surface area contributed by atoms with Crippen LogP contribution in [0.3, 0.4) is 0 Å². The third-order valence-electron chi connectivity index (χ3n) is 2.43. The van der Waals surface area contributed by atoms with Gasteiger partial charge in [-0.1, -0.05) is 54.6 Å². The second-order valence-electron chi connectivity index (χ2n) is 3.56. The SMILES string of the molecule is O=C(F)Cc1ccccc1-c1ccccc1. The van der Waals surface area contributed by atoms with E-state index in [-0.39, 0.29) is 6.42 Å². The molecule has 0 amide bonds. The van der Waals surface area contributed by atoms with Crippen LogP contribution in [0.5, 0.6) is 0 Å². The van der Waals surface area contributed by atoms with Crippen LogP contribution in [0.1, 0.15) is 5.56 Å². The Morgan fingerprint density at radius 3 is 2.25 bits per heavy atom. The van der Waals surface area contributed by atoms with E-state index in [1.807, 2.05) is 48.5 Å². The van der Waals surface area contributed by atoms with Crippen LogP contribution in [0.25, 0.3) is 11.1 Å². The zero-order chi connectivity index (χ0) is 11.4. The van der Waals surface area contributed by atoms with E-state index >= 15 is 0 Å². The molecule has 0 aliphatic carbocycles. The average Bonchev–Trinajstić information content (AvgIpc) is 2.30. The Labute approximate surface area is 93.5 Å². The Morgan fingerprint density at radius 1 is 0.938 bits per heavy atom. The first-order valence-electron chi connectivity index (χ1n) is 5.09. The molecule has 80 valence electrons. The van der Waals surface area contributed by atoms with Crippen molar-refractivity contribution in [1.82, 2.24) is 0 Å². The Kier molecular flexibility index (Phi) is 3.10. The maximum atomic E-state index is 12.4. The molecule has 2 aromatic carbocycles. The van der Waals surface area contributed by atoms with Crippen LogP contribution in [0.2, 0.25) is 0 Å². The molecule has 0 bridgehead atoms. The molecule has 0 atom stereocenters. The standard InChI is InChI=1S/C14H11FO/c15-14(16)10-12-8-4-5-9-13(12)11-6-2-1-3-7-11/h1-9H,10H2. The highest BCUT2D eigenvalue weighted by molar-refractivity contribution is 5.77. The fourth-order valence-electron chi connectivity index (χ4n) is 1.72. The molecule has 0 aromatic heterocycles. The van der Waals surface area contributed by atoms with E-state index in [2.05, 4.69) is 0 Å². The van der Waals surface area contributed by atoms with E-state index in [4.69, 9.17) is 0 Å². The van der Waals surface area contributed by atoms with Crippen molar-refractivity contribution in [3.05, 3.63) is 60.2 Å². The van der Waals surface area contributed by atoms with Gasteiger partial charge in [-0.05, 0) is 16.7 Å². The Balaban J connectivity index is 2.44. The highest BCUT2D eigenvalue weighted by atomic mass is 19.1. The lowest BCUT2D eigenvalue weighted by molar-refractivity contribution is -0.128. The smallest absolute Gasteiger partial charge is 0.261 e. The third kappa shape index (κ3) is 2.34. The number of rotatable bonds is 3. The number of hydrogen-bond donors (Lipinski definition) is 0. The quantitative estimate of drug-likeness (QED) is 0.716. The Bertz CT molecular complexity index is 491. The first-order valence-corrected chi connectivity index (χ1v) is 5.09. The van der Waals surface area contributed by atoms with E-state index < -0.39 is 6.04 Å². The molecule has 0 unspecified atom stereocenters. The lowest BCUT2D eigenvalue weighted by atomic mass is 9.98. The molecule has 0 spiro atoms. The van der Waals surface area contributed by atoms with Crippen molar-refractivity contribution in [3.8, 4) is 11.1 Å². The van der Waals surface area contributed by atoms with Crippen LogP contribution in [0, 0.1) is 0 Å². The molecule has 16 heavy (non-hydrogen) atoms. The van der Waals surface area contributed by atoms with Crippen molar-refractivity contribution in [2.45, 2.75) is 6.42 Å². The summed E-state index contributed by atoms with van der Waals surface area (Å²) in [5.74, 6) is 0. The molecule has 0 saturated heterocycles. The summed E-state index contributed by atoms with van der Waals surface area (Å²) in [6, 6.07) is 15.7. The van der Waals surface area contributed by atoms with Crippen LogP contribution < -0.4 is 0 Å². The first-order chi connectivity index (χ1) is 7.77. The van der Waals surface area contributed by atoms with Crippen molar-refractivity contribution in [3.63, 3.8) is 0 Å². The number of carbonyl (C=O) groups is 1. The summed E-state index contributed by atoms with van der Waals surface area (Å²) in [4.78, 5) is 10.5. The maximum absolute atomic E-state index is 12.4. The van der Waals surface area contributed by atoms with Gasteiger partial charge in [0.05, 0.1) is 6.42 Å². The van der Waals surface area contributed by atoms with Gasteiger partial charge in [-0.15, -0.1) is 0 Å². The third-order valence-corrected chi connectivity index (χ3v) is 2.43. The second kappa shape index (κ2) is 4.71. The summed E-state index contributed by atoms with van der Waals surface area (Å²) >= 11 is 0. The average molecular weight is 214 g/mol. The normalized spacial score (nSPS) is 10.1. The fraction of sp³-hybridized carbons (Fsp3) is 0.0714. The minimum absolute atomic E-state index is 0.162. The minimum Gasteiger partial charge on any atom is -0.261 e. The minimum atomic E-state index is -1.30.